The van der Waals surface area contributed by atoms with E-state index in [9.17, 15) is 4.79 Å². The number of rotatable bonds is 7. The fraction of sp³-hybridized carbons (Fsp3) is 0.619. The van der Waals surface area contributed by atoms with E-state index in [0.717, 1.165) is 18.4 Å². The topological polar surface area (TPSA) is 69.6 Å². The average Bonchev–Trinajstić information content (AvgIpc) is 3.14. The predicted octanol–water partition coefficient (Wildman–Crippen LogP) is 3.00. The molecule has 0 spiro atoms. The molecule has 0 bridgehead atoms. The highest BCUT2D eigenvalue weighted by molar-refractivity contribution is 5.81. The molecule has 1 aromatic carbocycles. The summed E-state index contributed by atoms with van der Waals surface area (Å²) in [5, 5.41) is 3.84. The molecule has 154 valence electrons. The zero-order chi connectivity index (χ0) is 19.9. The molecule has 1 aromatic rings. The lowest BCUT2D eigenvalue weighted by Gasteiger charge is -2.34. The molecule has 3 rings (SSSR count). The molecule has 0 amide bonds. The highest BCUT2D eigenvalue weighted by Gasteiger charge is 2.24. The Morgan fingerprint density at radius 1 is 1.21 bits per heavy atom. The number of morpholine rings is 1. The zero-order valence-corrected chi connectivity index (χ0v) is 16.9. The summed E-state index contributed by atoms with van der Waals surface area (Å²) in [5.74, 6) is 1.01. The van der Waals surface area contributed by atoms with E-state index in [1.165, 1.54) is 19.1 Å². The minimum absolute atomic E-state index is 0.109. The van der Waals surface area contributed by atoms with Gasteiger partial charge in [-0.2, -0.15) is 0 Å². The van der Waals surface area contributed by atoms with Crippen LogP contribution < -0.4 is 9.47 Å². The van der Waals surface area contributed by atoms with Crippen molar-refractivity contribution < 1.29 is 23.8 Å². The monoisotopic (exact) mass is 390 g/mol. The summed E-state index contributed by atoms with van der Waals surface area (Å²) in [7, 11) is 1.62. The molecule has 2 atom stereocenters. The van der Waals surface area contributed by atoms with Crippen molar-refractivity contribution in [1.82, 2.24) is 4.90 Å². The second kappa shape index (κ2) is 9.89. The van der Waals surface area contributed by atoms with E-state index in [2.05, 4.69) is 5.16 Å². The van der Waals surface area contributed by atoms with Gasteiger partial charge in [0.25, 0.3) is 0 Å². The lowest BCUT2D eigenvalue weighted by atomic mass is 10.2. The van der Waals surface area contributed by atoms with Crippen molar-refractivity contribution in [3.63, 3.8) is 0 Å². The Balaban J connectivity index is 1.53. The van der Waals surface area contributed by atoms with E-state index in [4.69, 9.17) is 19.0 Å². The van der Waals surface area contributed by atoms with Crippen LogP contribution in [-0.4, -0.2) is 62.1 Å². The highest BCUT2D eigenvalue weighted by Crippen LogP contribution is 2.32. The van der Waals surface area contributed by atoms with Crippen LogP contribution in [0.4, 0.5) is 0 Å². The van der Waals surface area contributed by atoms with Gasteiger partial charge in [-0.1, -0.05) is 5.16 Å². The number of methoxy groups -OCH3 is 1. The molecule has 2 unspecified atom stereocenters. The number of carbonyl (C=O) groups excluding carboxylic acids is 1. The molecule has 1 saturated carbocycles. The molecule has 28 heavy (non-hydrogen) atoms. The Labute approximate surface area is 166 Å². The third kappa shape index (κ3) is 5.94. The van der Waals surface area contributed by atoms with E-state index in [1.807, 2.05) is 36.9 Å². The molecule has 1 aliphatic heterocycles. The van der Waals surface area contributed by atoms with Gasteiger partial charge in [0.2, 0.25) is 0 Å². The fourth-order valence-electron chi connectivity index (χ4n) is 3.82. The van der Waals surface area contributed by atoms with Gasteiger partial charge in [0.1, 0.15) is 0 Å². The molecule has 1 heterocycles. The molecule has 0 radical (unpaired) electrons. The minimum Gasteiger partial charge on any atom is -0.493 e. The van der Waals surface area contributed by atoms with Crippen LogP contribution in [-0.2, 0) is 14.4 Å². The van der Waals surface area contributed by atoms with Crippen LogP contribution in [0, 0.1) is 0 Å². The van der Waals surface area contributed by atoms with Crippen LogP contribution >= 0.6 is 0 Å². The van der Waals surface area contributed by atoms with Gasteiger partial charge in [0.15, 0.2) is 11.5 Å². The SMILES string of the molecule is COc1ccc(/C=N/OC(=O)CN2CC(C)OC(C)C2)cc1OC1CCCC1. The van der Waals surface area contributed by atoms with Crippen LogP contribution in [0.25, 0.3) is 0 Å². The van der Waals surface area contributed by atoms with Crippen molar-refractivity contribution in [2.24, 2.45) is 5.16 Å². The molecular weight excluding hydrogens is 360 g/mol. The standard InChI is InChI=1S/C21H30N2O5/c1-15-12-23(13-16(2)26-15)14-21(24)28-22-11-17-8-9-19(25-3)20(10-17)27-18-6-4-5-7-18/h8-11,15-16,18H,4-7,12-14H2,1-3H3/b22-11+. The summed E-state index contributed by atoms with van der Waals surface area (Å²) in [6.45, 7) is 5.63. The molecule has 7 nitrogen and oxygen atoms in total. The van der Waals surface area contributed by atoms with Crippen molar-refractivity contribution in [3.05, 3.63) is 23.8 Å². The van der Waals surface area contributed by atoms with E-state index in [1.54, 1.807) is 7.11 Å². The van der Waals surface area contributed by atoms with E-state index >= 15 is 0 Å². The first-order valence-corrected chi connectivity index (χ1v) is 9.99. The Bertz CT molecular complexity index is 677. The maximum atomic E-state index is 12.0. The molecule has 0 N–H and O–H groups in total. The number of hydrogen-bond acceptors (Lipinski definition) is 7. The van der Waals surface area contributed by atoms with Gasteiger partial charge in [-0.3, -0.25) is 4.90 Å². The minimum atomic E-state index is -0.381. The third-order valence-electron chi connectivity index (χ3n) is 4.99. The Kier molecular flexibility index (Phi) is 7.28. The Morgan fingerprint density at radius 3 is 2.61 bits per heavy atom. The summed E-state index contributed by atoms with van der Waals surface area (Å²) >= 11 is 0. The maximum absolute atomic E-state index is 12.0. The Morgan fingerprint density at radius 2 is 1.93 bits per heavy atom. The second-order valence-corrected chi connectivity index (χ2v) is 7.58. The number of ether oxygens (including phenoxy) is 3. The van der Waals surface area contributed by atoms with Crippen LogP contribution in [0.2, 0.25) is 0 Å². The van der Waals surface area contributed by atoms with Crippen molar-refractivity contribution in [2.45, 2.75) is 57.8 Å². The summed E-state index contributed by atoms with van der Waals surface area (Å²) < 4.78 is 17.1. The van der Waals surface area contributed by atoms with Crippen LogP contribution in [0.15, 0.2) is 23.4 Å². The van der Waals surface area contributed by atoms with Gasteiger partial charge >= 0.3 is 5.97 Å². The van der Waals surface area contributed by atoms with Crippen molar-refractivity contribution in [1.29, 1.82) is 0 Å². The largest absolute Gasteiger partial charge is 0.493 e. The van der Waals surface area contributed by atoms with E-state index in [-0.39, 0.29) is 30.8 Å². The van der Waals surface area contributed by atoms with Crippen molar-refractivity contribution in [2.75, 3.05) is 26.7 Å². The molecule has 2 aliphatic rings. The van der Waals surface area contributed by atoms with Gasteiger partial charge in [-0.15, -0.1) is 0 Å². The third-order valence-corrected chi connectivity index (χ3v) is 4.99. The van der Waals surface area contributed by atoms with E-state index in [0.29, 0.717) is 24.6 Å². The lowest BCUT2D eigenvalue weighted by Crippen LogP contribution is -2.47. The Hall–Kier alpha value is -2.12. The smallest absolute Gasteiger partial charge is 0.348 e. The number of benzene rings is 1. The number of hydrogen-bond donors (Lipinski definition) is 0. The van der Waals surface area contributed by atoms with Crippen LogP contribution in [0.5, 0.6) is 11.5 Å². The lowest BCUT2D eigenvalue weighted by molar-refractivity contribution is -0.148. The summed E-state index contributed by atoms with van der Waals surface area (Å²) in [4.78, 5) is 19.1. The second-order valence-electron chi connectivity index (χ2n) is 7.58. The zero-order valence-electron chi connectivity index (χ0n) is 16.9. The molecule has 1 aliphatic carbocycles. The predicted molar refractivity (Wildman–Crippen MR) is 106 cm³/mol. The van der Waals surface area contributed by atoms with Gasteiger partial charge in [-0.05, 0) is 57.7 Å². The molecule has 1 saturated heterocycles. The van der Waals surface area contributed by atoms with Crippen LogP contribution in [0.3, 0.4) is 0 Å². The van der Waals surface area contributed by atoms with Crippen molar-refractivity contribution >= 4 is 12.2 Å². The summed E-state index contributed by atoms with van der Waals surface area (Å²) in [5.41, 5.74) is 0.787. The average molecular weight is 390 g/mol. The van der Waals surface area contributed by atoms with Gasteiger partial charge in [0, 0.05) is 18.7 Å². The van der Waals surface area contributed by atoms with Gasteiger partial charge < -0.3 is 19.0 Å². The molecular formula is C21H30N2O5. The first kappa shape index (κ1) is 20.6. The van der Waals surface area contributed by atoms with Crippen molar-refractivity contribution in [3.8, 4) is 11.5 Å². The van der Waals surface area contributed by atoms with Crippen LogP contribution in [0.1, 0.15) is 45.1 Å². The van der Waals surface area contributed by atoms with E-state index < -0.39 is 0 Å². The quantitative estimate of drug-likeness (QED) is 0.405. The molecule has 2 fully saturated rings. The number of carbonyl (C=O) groups is 1. The first-order chi connectivity index (χ1) is 13.5. The fourth-order valence-corrected chi connectivity index (χ4v) is 3.82. The maximum Gasteiger partial charge on any atom is 0.348 e. The highest BCUT2D eigenvalue weighted by atomic mass is 16.7. The van der Waals surface area contributed by atoms with Gasteiger partial charge in [-0.25, -0.2) is 4.79 Å². The molecule has 7 heteroatoms. The summed E-state index contributed by atoms with van der Waals surface area (Å²) in [6.07, 6.45) is 6.50. The van der Waals surface area contributed by atoms with Gasteiger partial charge in [0.05, 0.1) is 38.2 Å². The summed E-state index contributed by atoms with van der Waals surface area (Å²) in [6, 6.07) is 5.55. The number of nitrogens with zero attached hydrogens (tertiary/aromatic N) is 2. The molecule has 0 aromatic heterocycles. The number of oxime groups is 1. The first-order valence-electron chi connectivity index (χ1n) is 9.99. The normalized spacial score (nSPS) is 23.8.